The Bertz CT molecular complexity index is 705. The number of nitrogens with zero attached hydrogens (tertiary/aromatic N) is 1. The van der Waals surface area contributed by atoms with E-state index in [9.17, 15) is 18.5 Å². The van der Waals surface area contributed by atoms with Gasteiger partial charge in [0.25, 0.3) is 5.69 Å². The molecule has 0 aliphatic heterocycles. The van der Waals surface area contributed by atoms with Gasteiger partial charge in [-0.2, -0.15) is 0 Å². The summed E-state index contributed by atoms with van der Waals surface area (Å²) in [5, 5.41) is 19.9. The zero-order valence-corrected chi connectivity index (χ0v) is 15.2. The molecule has 1 aliphatic carbocycles. The third-order valence-corrected chi connectivity index (χ3v) is 6.82. The van der Waals surface area contributed by atoms with Crippen LogP contribution in [0.5, 0.6) is 0 Å². The minimum Gasteiger partial charge on any atom is -0.396 e. The fourth-order valence-corrected chi connectivity index (χ4v) is 5.01. The normalized spacial score (nSPS) is 22.0. The van der Waals surface area contributed by atoms with Crippen LogP contribution in [0.25, 0.3) is 0 Å². The van der Waals surface area contributed by atoms with E-state index in [0.717, 1.165) is 25.0 Å². The number of aliphatic hydroxyl groups is 1. The maximum absolute atomic E-state index is 12.5. The lowest BCUT2D eigenvalue weighted by Crippen LogP contribution is -2.38. The standard InChI is InChI=1S/C13H16BrClN2O5S/c14-11-5-10(17(19)20)6-12(13(11)15)23(21,22)16-9-3-1-8(7-18)2-4-9/h5-6,8-9,16,18H,1-4,7H2. The second kappa shape index (κ2) is 7.43. The largest absolute Gasteiger partial charge is 0.396 e. The van der Waals surface area contributed by atoms with Crippen molar-refractivity contribution in [1.29, 1.82) is 0 Å². The predicted octanol–water partition coefficient (Wildman–Crippen LogP) is 2.84. The lowest BCUT2D eigenvalue weighted by atomic mass is 9.87. The van der Waals surface area contributed by atoms with Gasteiger partial charge >= 0.3 is 0 Å². The number of nitro benzene ring substituents is 1. The smallest absolute Gasteiger partial charge is 0.272 e. The molecule has 0 heterocycles. The fourth-order valence-electron chi connectivity index (χ4n) is 2.60. The Kier molecular flexibility index (Phi) is 6.01. The van der Waals surface area contributed by atoms with Crippen LogP contribution in [0.4, 0.5) is 5.69 Å². The molecule has 0 atom stereocenters. The lowest BCUT2D eigenvalue weighted by molar-refractivity contribution is -0.385. The predicted molar refractivity (Wildman–Crippen MR) is 89.0 cm³/mol. The van der Waals surface area contributed by atoms with E-state index in [2.05, 4.69) is 20.7 Å². The molecule has 1 aliphatic rings. The SMILES string of the molecule is O=[N+]([O-])c1cc(Br)c(Cl)c(S(=O)(=O)NC2CCC(CO)CC2)c1. The van der Waals surface area contributed by atoms with E-state index in [1.165, 1.54) is 0 Å². The molecule has 2 N–H and O–H groups in total. The van der Waals surface area contributed by atoms with E-state index >= 15 is 0 Å². The summed E-state index contributed by atoms with van der Waals surface area (Å²) in [6.45, 7) is 0.100. The van der Waals surface area contributed by atoms with E-state index < -0.39 is 14.9 Å². The Labute approximate surface area is 147 Å². The Morgan fingerprint density at radius 2 is 1.96 bits per heavy atom. The Morgan fingerprint density at radius 3 is 2.48 bits per heavy atom. The number of benzene rings is 1. The zero-order chi connectivity index (χ0) is 17.2. The molecule has 0 amide bonds. The molecular weight excluding hydrogens is 412 g/mol. The van der Waals surface area contributed by atoms with Crippen LogP contribution < -0.4 is 4.72 Å². The van der Waals surface area contributed by atoms with E-state index in [0.29, 0.717) is 12.8 Å². The monoisotopic (exact) mass is 426 g/mol. The number of aliphatic hydroxyl groups excluding tert-OH is 1. The van der Waals surface area contributed by atoms with Gasteiger partial charge in [0, 0.05) is 29.3 Å². The maximum Gasteiger partial charge on any atom is 0.272 e. The Hall–Kier alpha value is -0.740. The maximum atomic E-state index is 12.5. The lowest BCUT2D eigenvalue weighted by Gasteiger charge is -2.27. The van der Waals surface area contributed by atoms with Gasteiger partial charge < -0.3 is 5.11 Å². The van der Waals surface area contributed by atoms with Crippen LogP contribution >= 0.6 is 27.5 Å². The van der Waals surface area contributed by atoms with Gasteiger partial charge in [0.1, 0.15) is 4.90 Å². The average molecular weight is 428 g/mol. The summed E-state index contributed by atoms with van der Waals surface area (Å²) < 4.78 is 27.7. The summed E-state index contributed by atoms with van der Waals surface area (Å²) in [7, 11) is -3.97. The van der Waals surface area contributed by atoms with Crippen molar-refractivity contribution in [1.82, 2.24) is 4.72 Å². The first-order valence-corrected chi connectivity index (χ1v) is 9.66. The molecule has 0 saturated heterocycles. The molecule has 1 aromatic carbocycles. The van der Waals surface area contributed by atoms with Crippen molar-refractivity contribution in [2.45, 2.75) is 36.6 Å². The minimum absolute atomic E-state index is 0.0906. The number of rotatable bonds is 5. The number of non-ortho nitro benzene ring substituents is 1. The quantitative estimate of drug-likeness (QED) is 0.554. The molecule has 10 heteroatoms. The van der Waals surface area contributed by atoms with E-state index in [1.54, 1.807) is 0 Å². The van der Waals surface area contributed by atoms with Gasteiger partial charge in [-0.15, -0.1) is 0 Å². The van der Waals surface area contributed by atoms with Crippen molar-refractivity contribution < 1.29 is 18.4 Å². The average Bonchev–Trinajstić information content (AvgIpc) is 2.49. The van der Waals surface area contributed by atoms with Gasteiger partial charge in [-0.05, 0) is 47.5 Å². The van der Waals surface area contributed by atoms with Gasteiger partial charge in [0.15, 0.2) is 0 Å². The molecule has 0 bridgehead atoms. The van der Waals surface area contributed by atoms with Crippen molar-refractivity contribution >= 4 is 43.2 Å². The van der Waals surface area contributed by atoms with Crippen molar-refractivity contribution in [3.05, 3.63) is 31.7 Å². The first-order chi connectivity index (χ1) is 10.7. The first kappa shape index (κ1) is 18.6. The molecular formula is C13H16BrClN2O5S. The van der Waals surface area contributed by atoms with Crippen LogP contribution in [-0.2, 0) is 10.0 Å². The topological polar surface area (TPSA) is 110 Å². The van der Waals surface area contributed by atoms with Crippen LogP contribution in [0.1, 0.15) is 25.7 Å². The molecule has 0 radical (unpaired) electrons. The molecule has 128 valence electrons. The third-order valence-electron chi connectivity index (χ3n) is 3.91. The summed E-state index contributed by atoms with van der Waals surface area (Å²) in [5.74, 6) is 0.200. The second-order valence-electron chi connectivity index (χ2n) is 5.52. The van der Waals surface area contributed by atoms with Crippen LogP contribution in [0.15, 0.2) is 21.5 Å². The van der Waals surface area contributed by atoms with Gasteiger partial charge in [0.05, 0.1) is 9.95 Å². The van der Waals surface area contributed by atoms with Crippen LogP contribution in [0.3, 0.4) is 0 Å². The zero-order valence-electron chi connectivity index (χ0n) is 12.0. The van der Waals surface area contributed by atoms with Crippen molar-refractivity contribution in [2.75, 3.05) is 6.61 Å². The van der Waals surface area contributed by atoms with E-state index in [1.807, 2.05) is 0 Å². The van der Waals surface area contributed by atoms with Crippen LogP contribution in [-0.4, -0.2) is 31.1 Å². The van der Waals surface area contributed by atoms with Crippen LogP contribution in [0, 0.1) is 16.0 Å². The number of hydrogen-bond acceptors (Lipinski definition) is 5. The summed E-state index contributed by atoms with van der Waals surface area (Å²) in [6, 6.07) is 1.85. The molecule has 2 rings (SSSR count). The molecule has 0 unspecified atom stereocenters. The number of sulfonamides is 1. The number of nitrogens with one attached hydrogen (secondary N) is 1. The Morgan fingerprint density at radius 1 is 1.35 bits per heavy atom. The highest BCUT2D eigenvalue weighted by molar-refractivity contribution is 9.10. The van der Waals surface area contributed by atoms with Gasteiger partial charge in [0.2, 0.25) is 10.0 Å². The summed E-state index contributed by atoms with van der Waals surface area (Å²) in [5.41, 5.74) is -0.356. The van der Waals surface area contributed by atoms with Gasteiger partial charge in [-0.25, -0.2) is 13.1 Å². The highest BCUT2D eigenvalue weighted by Gasteiger charge is 2.29. The van der Waals surface area contributed by atoms with Gasteiger partial charge in [-0.1, -0.05) is 11.6 Å². The highest BCUT2D eigenvalue weighted by Crippen LogP contribution is 2.34. The molecule has 23 heavy (non-hydrogen) atoms. The number of halogens is 2. The van der Waals surface area contributed by atoms with E-state index in [-0.39, 0.29) is 38.6 Å². The molecule has 0 aromatic heterocycles. The molecule has 7 nitrogen and oxygen atoms in total. The van der Waals surface area contributed by atoms with Crippen molar-refractivity contribution in [3.8, 4) is 0 Å². The Balaban J connectivity index is 2.24. The molecule has 0 spiro atoms. The second-order valence-corrected chi connectivity index (χ2v) is 8.43. The number of nitro groups is 1. The van der Waals surface area contributed by atoms with E-state index in [4.69, 9.17) is 16.7 Å². The first-order valence-electron chi connectivity index (χ1n) is 7.01. The summed E-state index contributed by atoms with van der Waals surface area (Å²) >= 11 is 9.04. The molecule has 1 saturated carbocycles. The van der Waals surface area contributed by atoms with Gasteiger partial charge in [-0.3, -0.25) is 10.1 Å². The van der Waals surface area contributed by atoms with Crippen molar-refractivity contribution in [3.63, 3.8) is 0 Å². The molecule has 1 fully saturated rings. The minimum atomic E-state index is -3.97. The molecule has 1 aromatic rings. The van der Waals surface area contributed by atoms with Crippen LogP contribution in [0.2, 0.25) is 5.02 Å². The number of hydrogen-bond donors (Lipinski definition) is 2. The third kappa shape index (κ3) is 4.42. The van der Waals surface area contributed by atoms with Crippen molar-refractivity contribution in [2.24, 2.45) is 5.92 Å². The highest BCUT2D eigenvalue weighted by atomic mass is 79.9. The summed E-state index contributed by atoms with van der Waals surface area (Å²) in [6.07, 6.45) is 2.68. The summed E-state index contributed by atoms with van der Waals surface area (Å²) in [4.78, 5) is 9.92. The fraction of sp³-hybridized carbons (Fsp3) is 0.538.